The van der Waals surface area contributed by atoms with Crippen LogP contribution in [0.4, 0.5) is 13.2 Å². The molecule has 3 N–H and O–H groups in total. The van der Waals surface area contributed by atoms with Crippen LogP contribution in [0.3, 0.4) is 0 Å². The van der Waals surface area contributed by atoms with Gasteiger partial charge in [0.25, 0.3) is 0 Å². The molecule has 0 aromatic heterocycles. The molecule has 0 unspecified atom stereocenters. The lowest BCUT2D eigenvalue weighted by molar-refractivity contribution is -0.137. The number of amides is 1. The Bertz CT molecular complexity index is 751. The summed E-state index contributed by atoms with van der Waals surface area (Å²) in [5, 5.41) is 2.78. The molecule has 7 heteroatoms. The van der Waals surface area contributed by atoms with Crippen molar-refractivity contribution in [2.75, 3.05) is 0 Å². The molecule has 1 aliphatic rings. The lowest BCUT2D eigenvalue weighted by Gasteiger charge is -2.11. The predicted molar refractivity (Wildman–Crippen MR) is 86.0 cm³/mol. The fourth-order valence-electron chi connectivity index (χ4n) is 2.24. The maximum absolute atomic E-state index is 12.5. The van der Waals surface area contributed by atoms with Crippen LogP contribution in [0.25, 0.3) is 0 Å². The Hall–Kier alpha value is -2.54. The van der Waals surface area contributed by atoms with Crippen LogP contribution in [0.15, 0.2) is 48.5 Å². The summed E-state index contributed by atoms with van der Waals surface area (Å²) in [5.74, 6) is 0.651. The van der Waals surface area contributed by atoms with Gasteiger partial charge in [-0.25, -0.2) is 0 Å². The van der Waals surface area contributed by atoms with Crippen molar-refractivity contribution in [2.24, 2.45) is 5.73 Å². The molecule has 0 saturated heterocycles. The number of nitrogens with one attached hydrogen (secondary N) is 1. The van der Waals surface area contributed by atoms with Crippen molar-refractivity contribution >= 4 is 5.91 Å². The van der Waals surface area contributed by atoms with Crippen LogP contribution in [-0.2, 0) is 17.5 Å². The van der Waals surface area contributed by atoms with Gasteiger partial charge in [-0.05, 0) is 54.8 Å². The summed E-state index contributed by atoms with van der Waals surface area (Å²) in [6, 6.07) is 11.4. The van der Waals surface area contributed by atoms with Gasteiger partial charge < -0.3 is 15.8 Å². The molecular formula is C18H17F3N2O2. The number of rotatable bonds is 5. The van der Waals surface area contributed by atoms with E-state index in [0.29, 0.717) is 30.9 Å². The summed E-state index contributed by atoms with van der Waals surface area (Å²) in [7, 11) is 0. The van der Waals surface area contributed by atoms with E-state index >= 15 is 0 Å². The number of alkyl halides is 3. The number of ether oxygens (including phenoxy) is 1. The smallest absolute Gasteiger partial charge is 0.416 e. The third-order valence-corrected chi connectivity index (χ3v) is 4.03. The first-order valence-corrected chi connectivity index (χ1v) is 7.77. The summed E-state index contributed by atoms with van der Waals surface area (Å²) in [6.45, 7) is 0.359. The van der Waals surface area contributed by atoms with Gasteiger partial charge in [0.05, 0.1) is 11.1 Å². The van der Waals surface area contributed by atoms with Crippen molar-refractivity contribution in [1.82, 2.24) is 5.32 Å². The zero-order chi connectivity index (χ0) is 18.1. The van der Waals surface area contributed by atoms with Crippen LogP contribution >= 0.6 is 0 Å². The molecule has 4 nitrogen and oxygen atoms in total. The van der Waals surface area contributed by atoms with Gasteiger partial charge in [0.2, 0.25) is 5.91 Å². The zero-order valence-corrected chi connectivity index (χ0v) is 13.3. The molecule has 0 radical (unpaired) electrons. The minimum absolute atomic E-state index is 0.155. The SMILES string of the molecule is NC1(C(=O)NCc2ccc(Oc3ccc(C(F)(F)F)cc3)cc2)CC1. The van der Waals surface area contributed by atoms with E-state index in [1.165, 1.54) is 12.1 Å². The van der Waals surface area contributed by atoms with E-state index in [9.17, 15) is 18.0 Å². The molecule has 2 aromatic carbocycles. The molecule has 1 aliphatic carbocycles. The van der Waals surface area contributed by atoms with Crippen LogP contribution in [0.2, 0.25) is 0 Å². The average molecular weight is 350 g/mol. The van der Waals surface area contributed by atoms with Gasteiger partial charge in [-0.2, -0.15) is 13.2 Å². The second-order valence-electron chi connectivity index (χ2n) is 6.11. The van der Waals surface area contributed by atoms with Crippen molar-refractivity contribution in [2.45, 2.75) is 31.1 Å². The van der Waals surface area contributed by atoms with E-state index in [-0.39, 0.29) is 5.91 Å². The molecular weight excluding hydrogens is 333 g/mol. The first kappa shape index (κ1) is 17.3. The van der Waals surface area contributed by atoms with Crippen molar-refractivity contribution in [3.8, 4) is 11.5 Å². The maximum atomic E-state index is 12.5. The molecule has 1 fully saturated rings. The highest BCUT2D eigenvalue weighted by molar-refractivity contribution is 5.88. The Labute approximate surface area is 142 Å². The van der Waals surface area contributed by atoms with Crippen molar-refractivity contribution in [3.63, 3.8) is 0 Å². The van der Waals surface area contributed by atoms with Crippen molar-refractivity contribution in [1.29, 1.82) is 0 Å². The molecule has 25 heavy (non-hydrogen) atoms. The van der Waals surface area contributed by atoms with Crippen LogP contribution in [0, 0.1) is 0 Å². The van der Waals surface area contributed by atoms with E-state index in [4.69, 9.17) is 10.5 Å². The standard InChI is InChI=1S/C18H17F3N2O2/c19-18(20,21)13-3-7-15(8-4-13)25-14-5-1-12(2-6-14)11-23-16(24)17(22)9-10-17/h1-8H,9-11,22H2,(H,23,24). The summed E-state index contributed by atoms with van der Waals surface area (Å²) in [6.07, 6.45) is -2.95. The highest BCUT2D eigenvalue weighted by Gasteiger charge is 2.45. The van der Waals surface area contributed by atoms with Crippen molar-refractivity contribution in [3.05, 3.63) is 59.7 Å². The number of nitrogens with two attached hydrogens (primary N) is 1. The summed E-state index contributed by atoms with van der Waals surface area (Å²) in [4.78, 5) is 11.8. The van der Waals surface area contributed by atoms with E-state index in [1.807, 2.05) is 0 Å². The Kier molecular flexibility index (Phi) is 4.43. The molecule has 0 spiro atoms. The van der Waals surface area contributed by atoms with E-state index in [2.05, 4.69) is 5.32 Å². The van der Waals surface area contributed by atoms with Crippen LogP contribution < -0.4 is 15.8 Å². The fraction of sp³-hybridized carbons (Fsp3) is 0.278. The van der Waals surface area contributed by atoms with Crippen LogP contribution in [0.1, 0.15) is 24.0 Å². The van der Waals surface area contributed by atoms with Crippen LogP contribution in [-0.4, -0.2) is 11.4 Å². The van der Waals surface area contributed by atoms with Gasteiger partial charge in [-0.3, -0.25) is 4.79 Å². The topological polar surface area (TPSA) is 64.4 Å². The fourth-order valence-corrected chi connectivity index (χ4v) is 2.24. The monoisotopic (exact) mass is 350 g/mol. The van der Waals surface area contributed by atoms with E-state index in [1.54, 1.807) is 24.3 Å². The Morgan fingerprint density at radius 3 is 2.04 bits per heavy atom. The molecule has 1 saturated carbocycles. The molecule has 3 rings (SSSR count). The summed E-state index contributed by atoms with van der Waals surface area (Å²) < 4.78 is 43.1. The molecule has 132 valence electrons. The third kappa shape index (κ3) is 4.30. The second kappa shape index (κ2) is 6.40. The van der Waals surface area contributed by atoms with Crippen LogP contribution in [0.5, 0.6) is 11.5 Å². The van der Waals surface area contributed by atoms with Crippen molar-refractivity contribution < 1.29 is 22.7 Å². The van der Waals surface area contributed by atoms with Gasteiger partial charge in [-0.15, -0.1) is 0 Å². The highest BCUT2D eigenvalue weighted by atomic mass is 19.4. The molecule has 2 aromatic rings. The van der Waals surface area contributed by atoms with Gasteiger partial charge in [-0.1, -0.05) is 12.1 Å². The summed E-state index contributed by atoms with van der Waals surface area (Å²) >= 11 is 0. The quantitative estimate of drug-likeness (QED) is 0.866. The second-order valence-corrected chi connectivity index (χ2v) is 6.11. The zero-order valence-electron chi connectivity index (χ0n) is 13.3. The van der Waals surface area contributed by atoms with E-state index < -0.39 is 17.3 Å². The molecule has 0 aliphatic heterocycles. The normalized spacial score (nSPS) is 15.5. The molecule has 1 amide bonds. The van der Waals surface area contributed by atoms with Gasteiger partial charge in [0.15, 0.2) is 0 Å². The predicted octanol–water partition coefficient (Wildman–Crippen LogP) is 3.61. The number of benzene rings is 2. The van der Waals surface area contributed by atoms with Gasteiger partial charge >= 0.3 is 6.18 Å². The molecule has 0 heterocycles. The minimum atomic E-state index is -4.37. The minimum Gasteiger partial charge on any atom is -0.457 e. The van der Waals surface area contributed by atoms with Gasteiger partial charge in [0, 0.05) is 6.54 Å². The Morgan fingerprint density at radius 1 is 1.04 bits per heavy atom. The maximum Gasteiger partial charge on any atom is 0.416 e. The number of hydrogen-bond acceptors (Lipinski definition) is 3. The first-order chi connectivity index (χ1) is 11.8. The average Bonchev–Trinajstić information content (AvgIpc) is 3.33. The van der Waals surface area contributed by atoms with Gasteiger partial charge in [0.1, 0.15) is 11.5 Å². The lowest BCUT2D eigenvalue weighted by atomic mass is 10.2. The number of carbonyl (C=O) groups is 1. The number of hydrogen-bond donors (Lipinski definition) is 2. The lowest BCUT2D eigenvalue weighted by Crippen LogP contribution is -2.42. The Morgan fingerprint density at radius 2 is 1.56 bits per heavy atom. The number of halogens is 3. The number of carbonyl (C=O) groups excluding carboxylic acids is 1. The van der Waals surface area contributed by atoms with E-state index in [0.717, 1.165) is 17.7 Å². The largest absolute Gasteiger partial charge is 0.457 e. The first-order valence-electron chi connectivity index (χ1n) is 7.77. The molecule has 0 bridgehead atoms. The highest BCUT2D eigenvalue weighted by Crippen LogP contribution is 2.32. The Balaban J connectivity index is 1.56. The third-order valence-electron chi connectivity index (χ3n) is 4.03. The molecule has 0 atom stereocenters. The summed E-state index contributed by atoms with van der Waals surface area (Å²) in [5.41, 5.74) is 5.25.